The molecule has 2 aromatic carbocycles. The van der Waals surface area contributed by atoms with E-state index in [2.05, 4.69) is 9.97 Å². The van der Waals surface area contributed by atoms with E-state index < -0.39 is 0 Å². The van der Waals surface area contributed by atoms with E-state index in [1.165, 1.54) is 6.07 Å². The van der Waals surface area contributed by atoms with Crippen molar-refractivity contribution in [3.8, 4) is 5.69 Å². The van der Waals surface area contributed by atoms with Crippen LogP contribution < -0.4 is 17.0 Å². The van der Waals surface area contributed by atoms with Gasteiger partial charge in [0, 0.05) is 22.5 Å². The van der Waals surface area contributed by atoms with E-state index in [0.29, 0.717) is 22.8 Å². The second-order valence-electron chi connectivity index (χ2n) is 5.08. The molecule has 0 aliphatic carbocycles. The third-order valence-electron chi connectivity index (χ3n) is 3.74. The first-order valence-corrected chi connectivity index (χ1v) is 6.80. The Hall–Kier alpha value is -3.28. The maximum Gasteiger partial charge on any atom is 0.249 e. The maximum atomic E-state index is 11.6. The summed E-state index contributed by atoms with van der Waals surface area (Å²) in [5.74, 6) is 0.312. The predicted molar refractivity (Wildman–Crippen MR) is 88.0 cm³/mol. The summed E-state index contributed by atoms with van der Waals surface area (Å²) in [6.07, 6.45) is 0. The molecule has 0 saturated heterocycles. The van der Waals surface area contributed by atoms with Gasteiger partial charge in [0.25, 0.3) is 0 Å². The molecule has 4 aromatic rings. The summed E-state index contributed by atoms with van der Waals surface area (Å²) in [4.78, 5) is 18.7. The van der Waals surface area contributed by atoms with Crippen LogP contribution in [0.1, 0.15) is 0 Å². The molecule has 0 unspecified atom stereocenters. The number of rotatable bonds is 1. The van der Waals surface area contributed by atoms with E-state index in [1.54, 1.807) is 10.6 Å². The number of aromatic amines is 1. The lowest BCUT2D eigenvalue weighted by Gasteiger charge is -2.11. The zero-order valence-electron chi connectivity index (χ0n) is 11.6. The highest BCUT2D eigenvalue weighted by molar-refractivity contribution is 5.99. The SMILES string of the molecule is Nc1ccc(-n2c(N)nc3ccc(=O)[nH]c32)c2ccccc12. The second-order valence-corrected chi connectivity index (χ2v) is 5.08. The quantitative estimate of drug-likeness (QED) is 0.467. The van der Waals surface area contributed by atoms with Crippen LogP contribution in [-0.2, 0) is 0 Å². The van der Waals surface area contributed by atoms with Gasteiger partial charge in [-0.25, -0.2) is 4.98 Å². The summed E-state index contributed by atoms with van der Waals surface area (Å²) in [7, 11) is 0. The van der Waals surface area contributed by atoms with Gasteiger partial charge in [0.2, 0.25) is 11.5 Å². The van der Waals surface area contributed by atoms with Crippen molar-refractivity contribution in [3.63, 3.8) is 0 Å². The van der Waals surface area contributed by atoms with Gasteiger partial charge in [-0.05, 0) is 18.2 Å². The Morgan fingerprint density at radius 3 is 2.55 bits per heavy atom. The van der Waals surface area contributed by atoms with Crippen molar-refractivity contribution in [2.24, 2.45) is 0 Å². The number of fused-ring (bicyclic) bond motifs is 2. The number of hydrogen-bond donors (Lipinski definition) is 3. The van der Waals surface area contributed by atoms with E-state index in [-0.39, 0.29) is 5.56 Å². The Morgan fingerprint density at radius 1 is 0.955 bits per heavy atom. The van der Waals surface area contributed by atoms with E-state index in [9.17, 15) is 4.79 Å². The molecule has 4 rings (SSSR count). The molecule has 5 N–H and O–H groups in total. The number of hydrogen-bond acceptors (Lipinski definition) is 4. The van der Waals surface area contributed by atoms with Crippen molar-refractivity contribution in [2.45, 2.75) is 0 Å². The number of benzene rings is 2. The van der Waals surface area contributed by atoms with Gasteiger partial charge in [-0.15, -0.1) is 0 Å². The first kappa shape index (κ1) is 12.5. The van der Waals surface area contributed by atoms with Crippen molar-refractivity contribution < 1.29 is 0 Å². The van der Waals surface area contributed by atoms with Crippen molar-refractivity contribution in [2.75, 3.05) is 11.5 Å². The fourth-order valence-electron chi connectivity index (χ4n) is 2.75. The molecular formula is C16H13N5O. The highest BCUT2D eigenvalue weighted by Crippen LogP contribution is 2.30. The van der Waals surface area contributed by atoms with Crippen molar-refractivity contribution in [3.05, 3.63) is 58.9 Å². The molecule has 0 aliphatic heterocycles. The predicted octanol–water partition coefficient (Wildman–Crippen LogP) is 2.03. The minimum Gasteiger partial charge on any atom is -0.398 e. The molecule has 0 amide bonds. The Kier molecular flexibility index (Phi) is 2.47. The Labute approximate surface area is 125 Å². The first-order chi connectivity index (χ1) is 10.6. The third-order valence-corrected chi connectivity index (χ3v) is 3.74. The molecule has 0 radical (unpaired) electrons. The van der Waals surface area contributed by atoms with E-state index >= 15 is 0 Å². The molecule has 0 atom stereocenters. The van der Waals surface area contributed by atoms with Crippen LogP contribution in [0.4, 0.5) is 11.6 Å². The molecule has 22 heavy (non-hydrogen) atoms. The number of pyridine rings is 1. The molecule has 0 saturated carbocycles. The van der Waals surface area contributed by atoms with Crippen molar-refractivity contribution in [1.29, 1.82) is 0 Å². The van der Waals surface area contributed by atoms with Crippen molar-refractivity contribution >= 4 is 33.6 Å². The monoisotopic (exact) mass is 291 g/mol. The van der Waals surface area contributed by atoms with Crippen LogP contribution in [-0.4, -0.2) is 14.5 Å². The minimum atomic E-state index is -0.201. The zero-order chi connectivity index (χ0) is 15.3. The van der Waals surface area contributed by atoms with Gasteiger partial charge in [-0.1, -0.05) is 24.3 Å². The van der Waals surface area contributed by atoms with Crippen LogP contribution in [0.5, 0.6) is 0 Å². The smallest absolute Gasteiger partial charge is 0.249 e. The van der Waals surface area contributed by atoms with Gasteiger partial charge < -0.3 is 16.5 Å². The topological polar surface area (TPSA) is 103 Å². The molecule has 6 nitrogen and oxygen atoms in total. The molecule has 0 fully saturated rings. The Balaban J connectivity index is 2.16. The summed E-state index contributed by atoms with van der Waals surface area (Å²) in [6.45, 7) is 0. The van der Waals surface area contributed by atoms with E-state index in [0.717, 1.165) is 16.5 Å². The summed E-state index contributed by atoms with van der Waals surface area (Å²) in [5.41, 5.74) is 14.6. The number of nitrogens with zero attached hydrogens (tertiary/aromatic N) is 2. The van der Waals surface area contributed by atoms with Gasteiger partial charge in [0.05, 0.1) is 5.69 Å². The van der Waals surface area contributed by atoms with Gasteiger partial charge in [0.15, 0.2) is 0 Å². The molecule has 2 aromatic heterocycles. The summed E-state index contributed by atoms with van der Waals surface area (Å²) in [6, 6.07) is 14.6. The van der Waals surface area contributed by atoms with Crippen LogP contribution in [0.15, 0.2) is 53.3 Å². The van der Waals surface area contributed by atoms with Crippen LogP contribution in [0, 0.1) is 0 Å². The lowest BCUT2D eigenvalue weighted by Crippen LogP contribution is -2.07. The highest BCUT2D eigenvalue weighted by atomic mass is 16.1. The normalized spacial score (nSPS) is 11.3. The van der Waals surface area contributed by atoms with Crippen LogP contribution in [0.2, 0.25) is 0 Å². The zero-order valence-corrected chi connectivity index (χ0v) is 11.6. The fraction of sp³-hybridized carbons (Fsp3) is 0. The maximum absolute atomic E-state index is 11.6. The molecule has 2 heterocycles. The number of nitrogen functional groups attached to an aromatic ring is 2. The van der Waals surface area contributed by atoms with Gasteiger partial charge >= 0.3 is 0 Å². The Bertz CT molecular complexity index is 1080. The third kappa shape index (κ3) is 1.67. The largest absolute Gasteiger partial charge is 0.398 e. The molecule has 0 bridgehead atoms. The molecular weight excluding hydrogens is 278 g/mol. The number of nitrogens with two attached hydrogens (primary N) is 2. The summed E-state index contributed by atoms with van der Waals surface area (Å²) in [5, 5.41) is 1.87. The fourth-order valence-corrected chi connectivity index (χ4v) is 2.75. The number of aromatic nitrogens is 3. The highest BCUT2D eigenvalue weighted by Gasteiger charge is 2.13. The first-order valence-electron chi connectivity index (χ1n) is 6.80. The Morgan fingerprint density at radius 2 is 1.73 bits per heavy atom. The average Bonchev–Trinajstić information content (AvgIpc) is 2.84. The molecule has 108 valence electrons. The van der Waals surface area contributed by atoms with Gasteiger partial charge in [-0.3, -0.25) is 9.36 Å². The van der Waals surface area contributed by atoms with Crippen LogP contribution in [0.3, 0.4) is 0 Å². The van der Waals surface area contributed by atoms with E-state index in [1.807, 2.05) is 36.4 Å². The van der Waals surface area contributed by atoms with Crippen LogP contribution >= 0.6 is 0 Å². The number of anilines is 2. The lowest BCUT2D eigenvalue weighted by molar-refractivity contribution is 1.09. The second kappa shape index (κ2) is 4.36. The number of imidazole rings is 1. The molecule has 0 aliphatic rings. The summed E-state index contributed by atoms with van der Waals surface area (Å²) >= 11 is 0. The molecule has 6 heteroatoms. The minimum absolute atomic E-state index is 0.201. The standard InChI is InChI=1S/C16H13N5O/c17-11-5-7-13(10-4-2-1-3-9(10)11)21-15-12(19-16(21)18)6-8-14(22)20-15/h1-8H,17H2,(H2,18,19)(H,20,22). The van der Waals surface area contributed by atoms with Crippen molar-refractivity contribution in [1.82, 2.24) is 14.5 Å². The summed E-state index contributed by atoms with van der Waals surface area (Å²) < 4.78 is 1.73. The lowest BCUT2D eigenvalue weighted by atomic mass is 10.1. The van der Waals surface area contributed by atoms with Gasteiger partial charge in [0.1, 0.15) is 11.2 Å². The molecule has 0 spiro atoms. The number of nitrogens with one attached hydrogen (secondary N) is 1. The number of H-pyrrole nitrogens is 1. The van der Waals surface area contributed by atoms with Crippen LogP contribution in [0.25, 0.3) is 27.6 Å². The average molecular weight is 291 g/mol. The van der Waals surface area contributed by atoms with E-state index in [4.69, 9.17) is 11.5 Å². The van der Waals surface area contributed by atoms with Gasteiger partial charge in [-0.2, -0.15) is 0 Å².